The lowest BCUT2D eigenvalue weighted by Gasteiger charge is -2.17. The minimum absolute atomic E-state index is 0.550. The van der Waals surface area contributed by atoms with Crippen molar-refractivity contribution in [1.29, 1.82) is 0 Å². The Morgan fingerprint density at radius 2 is 1.46 bits per heavy atom. The summed E-state index contributed by atoms with van der Waals surface area (Å²) in [4.78, 5) is 4.59. The first-order chi connectivity index (χ1) is 12.6. The molecule has 6 heteroatoms. The molecular formula is C20H22N2O4. The lowest BCUT2D eigenvalue weighted by Crippen LogP contribution is -1.99. The third-order valence-corrected chi connectivity index (χ3v) is 4.26. The number of hydrogen-bond acceptors (Lipinski definition) is 5. The van der Waals surface area contributed by atoms with E-state index in [0.29, 0.717) is 17.2 Å². The van der Waals surface area contributed by atoms with Gasteiger partial charge in [-0.15, -0.1) is 0 Å². The highest BCUT2D eigenvalue weighted by Gasteiger charge is 2.22. The molecule has 0 aliphatic carbocycles. The van der Waals surface area contributed by atoms with Gasteiger partial charge in [-0.25, -0.2) is 4.98 Å². The highest BCUT2D eigenvalue weighted by Crippen LogP contribution is 2.46. The molecule has 26 heavy (non-hydrogen) atoms. The maximum absolute atomic E-state index is 5.65. The average molecular weight is 354 g/mol. The predicted octanol–water partition coefficient (Wildman–Crippen LogP) is 3.79. The summed E-state index contributed by atoms with van der Waals surface area (Å²) < 4.78 is 23.7. The van der Waals surface area contributed by atoms with Crippen LogP contribution in [0.2, 0.25) is 0 Å². The van der Waals surface area contributed by atoms with Crippen molar-refractivity contribution in [3.8, 4) is 45.5 Å². The summed E-state index contributed by atoms with van der Waals surface area (Å²) in [5.41, 5.74) is 3.63. The van der Waals surface area contributed by atoms with Gasteiger partial charge in [0.15, 0.2) is 11.5 Å². The molecule has 3 rings (SSSR count). The quantitative estimate of drug-likeness (QED) is 0.674. The molecule has 0 saturated carbocycles. The number of imidazole rings is 1. The first-order valence-electron chi connectivity index (χ1n) is 8.09. The Hall–Kier alpha value is -3.15. The number of nitrogens with zero attached hydrogens (tertiary/aromatic N) is 2. The molecular weight excluding hydrogens is 332 g/mol. The molecule has 2 aromatic carbocycles. The van der Waals surface area contributed by atoms with Gasteiger partial charge in [-0.2, -0.15) is 0 Å². The van der Waals surface area contributed by atoms with Crippen molar-refractivity contribution in [2.45, 2.75) is 0 Å². The number of hydrogen-bond donors (Lipinski definition) is 0. The minimum Gasteiger partial charge on any atom is -0.497 e. The molecule has 0 atom stereocenters. The largest absolute Gasteiger partial charge is 0.497 e. The predicted molar refractivity (Wildman–Crippen MR) is 100 cm³/mol. The Bertz CT molecular complexity index is 901. The van der Waals surface area contributed by atoms with Crippen LogP contribution in [0.25, 0.3) is 22.5 Å². The van der Waals surface area contributed by atoms with Crippen LogP contribution in [0.4, 0.5) is 0 Å². The van der Waals surface area contributed by atoms with Crippen LogP contribution in [0.15, 0.2) is 42.7 Å². The Morgan fingerprint density at radius 3 is 2.04 bits per heavy atom. The molecule has 0 N–H and O–H groups in total. The van der Waals surface area contributed by atoms with Crippen LogP contribution in [0.1, 0.15) is 0 Å². The Morgan fingerprint density at radius 1 is 0.769 bits per heavy atom. The van der Waals surface area contributed by atoms with Crippen LogP contribution in [0, 0.1) is 0 Å². The van der Waals surface area contributed by atoms with Crippen molar-refractivity contribution in [3.05, 3.63) is 42.7 Å². The fourth-order valence-electron chi connectivity index (χ4n) is 3.00. The Balaban J connectivity index is 2.20. The Labute approximate surface area is 152 Å². The van der Waals surface area contributed by atoms with Crippen LogP contribution in [-0.4, -0.2) is 38.0 Å². The van der Waals surface area contributed by atoms with Gasteiger partial charge in [0.05, 0.1) is 46.2 Å². The third kappa shape index (κ3) is 2.94. The first kappa shape index (κ1) is 17.7. The summed E-state index contributed by atoms with van der Waals surface area (Å²) in [6, 6.07) is 11.6. The van der Waals surface area contributed by atoms with Crippen molar-refractivity contribution in [3.63, 3.8) is 0 Å². The second-order valence-electron chi connectivity index (χ2n) is 5.66. The topological polar surface area (TPSA) is 54.7 Å². The fraction of sp³-hybridized carbons (Fsp3) is 0.250. The smallest absolute Gasteiger partial charge is 0.203 e. The normalized spacial score (nSPS) is 10.5. The summed E-state index contributed by atoms with van der Waals surface area (Å²) in [6.45, 7) is 0. The molecule has 1 heterocycles. The molecule has 0 spiro atoms. The maximum Gasteiger partial charge on any atom is 0.203 e. The van der Waals surface area contributed by atoms with E-state index in [0.717, 1.165) is 28.3 Å². The highest BCUT2D eigenvalue weighted by atomic mass is 16.5. The van der Waals surface area contributed by atoms with Gasteiger partial charge in [0.25, 0.3) is 0 Å². The van der Waals surface area contributed by atoms with Crippen LogP contribution >= 0.6 is 0 Å². The SMILES string of the molecule is COc1ccc(-c2ncn(C)c2-c2ccc(OC)c(OC)c2OC)cc1. The van der Waals surface area contributed by atoms with Gasteiger partial charge in [-0.1, -0.05) is 0 Å². The zero-order valence-electron chi connectivity index (χ0n) is 15.6. The first-order valence-corrected chi connectivity index (χ1v) is 8.09. The van der Waals surface area contributed by atoms with E-state index in [9.17, 15) is 0 Å². The maximum atomic E-state index is 5.65. The van der Waals surface area contributed by atoms with Gasteiger partial charge in [0.1, 0.15) is 5.75 Å². The highest BCUT2D eigenvalue weighted by molar-refractivity contribution is 5.84. The summed E-state index contributed by atoms with van der Waals surface area (Å²) in [5, 5.41) is 0. The van der Waals surface area contributed by atoms with E-state index < -0.39 is 0 Å². The van der Waals surface area contributed by atoms with Crippen molar-refractivity contribution >= 4 is 0 Å². The van der Waals surface area contributed by atoms with Crippen LogP contribution in [0.5, 0.6) is 23.0 Å². The molecule has 0 aliphatic rings. The molecule has 0 fully saturated rings. The number of benzene rings is 2. The lowest BCUT2D eigenvalue weighted by molar-refractivity contribution is 0.325. The number of methoxy groups -OCH3 is 4. The number of aryl methyl sites for hydroxylation is 1. The molecule has 3 aromatic rings. The minimum atomic E-state index is 0.550. The zero-order chi connectivity index (χ0) is 18.7. The van der Waals surface area contributed by atoms with Crippen molar-refractivity contribution in [1.82, 2.24) is 9.55 Å². The Kier molecular flexibility index (Phi) is 5.02. The number of ether oxygens (including phenoxy) is 4. The summed E-state index contributed by atoms with van der Waals surface area (Å²) in [7, 11) is 8.41. The van der Waals surface area contributed by atoms with Crippen LogP contribution in [-0.2, 0) is 7.05 Å². The monoisotopic (exact) mass is 354 g/mol. The number of rotatable bonds is 6. The van der Waals surface area contributed by atoms with Crippen molar-refractivity contribution < 1.29 is 18.9 Å². The van der Waals surface area contributed by atoms with E-state index in [-0.39, 0.29) is 0 Å². The molecule has 0 radical (unpaired) electrons. The average Bonchev–Trinajstić information content (AvgIpc) is 3.07. The van der Waals surface area contributed by atoms with E-state index >= 15 is 0 Å². The molecule has 0 saturated heterocycles. The molecule has 0 aliphatic heterocycles. The number of aromatic nitrogens is 2. The van der Waals surface area contributed by atoms with Gasteiger partial charge >= 0.3 is 0 Å². The molecule has 1 aromatic heterocycles. The second-order valence-corrected chi connectivity index (χ2v) is 5.66. The summed E-state index contributed by atoms with van der Waals surface area (Å²) >= 11 is 0. The van der Waals surface area contributed by atoms with Gasteiger partial charge < -0.3 is 23.5 Å². The molecule has 0 bridgehead atoms. The zero-order valence-corrected chi connectivity index (χ0v) is 15.6. The van der Waals surface area contributed by atoms with Gasteiger partial charge in [0, 0.05) is 18.2 Å². The summed E-state index contributed by atoms with van der Waals surface area (Å²) in [5.74, 6) is 2.57. The second kappa shape index (κ2) is 7.39. The lowest BCUT2D eigenvalue weighted by atomic mass is 10.0. The molecule has 0 amide bonds. The van der Waals surface area contributed by atoms with Gasteiger partial charge in [-0.05, 0) is 36.4 Å². The van der Waals surface area contributed by atoms with Crippen molar-refractivity contribution in [2.75, 3.05) is 28.4 Å². The van der Waals surface area contributed by atoms with E-state index in [4.69, 9.17) is 18.9 Å². The molecule has 136 valence electrons. The molecule has 6 nitrogen and oxygen atoms in total. The van der Waals surface area contributed by atoms with E-state index in [1.54, 1.807) is 34.8 Å². The van der Waals surface area contributed by atoms with Crippen LogP contribution < -0.4 is 18.9 Å². The van der Waals surface area contributed by atoms with Crippen LogP contribution in [0.3, 0.4) is 0 Å². The van der Waals surface area contributed by atoms with E-state index in [2.05, 4.69) is 4.98 Å². The summed E-state index contributed by atoms with van der Waals surface area (Å²) in [6.07, 6.45) is 1.78. The fourth-order valence-corrected chi connectivity index (χ4v) is 3.00. The molecule has 0 unspecified atom stereocenters. The van der Waals surface area contributed by atoms with E-state index in [1.165, 1.54) is 0 Å². The third-order valence-electron chi connectivity index (χ3n) is 4.26. The van der Waals surface area contributed by atoms with Gasteiger partial charge in [-0.3, -0.25) is 0 Å². The van der Waals surface area contributed by atoms with E-state index in [1.807, 2.05) is 48.0 Å². The van der Waals surface area contributed by atoms with Gasteiger partial charge in [0.2, 0.25) is 5.75 Å². The standard InChI is InChI=1S/C20H22N2O4/c1-22-12-21-17(13-6-8-14(23-2)9-7-13)18(22)15-10-11-16(24-3)20(26-5)19(15)25-4/h6-12H,1-5H3. The van der Waals surface area contributed by atoms with Crippen molar-refractivity contribution in [2.24, 2.45) is 7.05 Å².